The molecule has 4 rings (SSSR count). The Hall–Kier alpha value is -3.26. The van der Waals surface area contributed by atoms with Crippen LogP contribution in [0.25, 0.3) is 0 Å². The predicted molar refractivity (Wildman–Crippen MR) is 124 cm³/mol. The fourth-order valence-electron chi connectivity index (χ4n) is 5.20. The van der Waals surface area contributed by atoms with Crippen LogP contribution in [0.4, 0.5) is 11.4 Å². The van der Waals surface area contributed by atoms with Crippen molar-refractivity contribution in [2.24, 2.45) is 21.4 Å². The molecule has 2 aliphatic rings. The van der Waals surface area contributed by atoms with Crippen LogP contribution in [-0.4, -0.2) is 22.5 Å². The molecule has 2 atom stereocenters. The van der Waals surface area contributed by atoms with Gasteiger partial charge in [0, 0.05) is 24.0 Å². The van der Waals surface area contributed by atoms with Crippen LogP contribution >= 0.6 is 11.6 Å². The monoisotopic (exact) mass is 469 g/mol. The van der Waals surface area contributed by atoms with Crippen LogP contribution < -0.4 is 5.32 Å². The molecule has 9 heteroatoms. The standard InChI is InChI=1S/C24H24ClN3O5/c1-22(2)23(3)12-13-24(22,21(30)26-18-7-5-4-6-17(18)25)14-19(23)27-33-20(29)15-8-10-16(11-9-15)28(31)32/h4-11H,12-14H2,1-3H3,(H,26,30). The molecule has 2 fully saturated rings. The number of rotatable bonds is 5. The van der Waals surface area contributed by atoms with E-state index in [0.717, 1.165) is 6.42 Å². The second-order valence-electron chi connectivity index (χ2n) is 9.37. The van der Waals surface area contributed by atoms with Gasteiger partial charge in [-0.25, -0.2) is 4.79 Å². The minimum atomic E-state index is -0.723. The third-order valence-corrected chi connectivity index (χ3v) is 8.17. The first kappa shape index (κ1) is 22.9. The molecule has 33 heavy (non-hydrogen) atoms. The van der Waals surface area contributed by atoms with Crippen LogP contribution in [0, 0.1) is 26.4 Å². The molecule has 0 radical (unpaired) electrons. The van der Waals surface area contributed by atoms with Crippen molar-refractivity contribution in [3.8, 4) is 0 Å². The highest BCUT2D eigenvalue weighted by Gasteiger charge is 2.71. The molecule has 0 spiro atoms. The highest BCUT2D eigenvalue weighted by atomic mass is 35.5. The Labute approximate surface area is 196 Å². The van der Waals surface area contributed by atoms with Crippen LogP contribution in [-0.2, 0) is 9.63 Å². The number of nitrogens with zero attached hydrogens (tertiary/aromatic N) is 2. The van der Waals surface area contributed by atoms with Gasteiger partial charge >= 0.3 is 5.97 Å². The number of carbonyl (C=O) groups excluding carboxylic acids is 2. The van der Waals surface area contributed by atoms with Gasteiger partial charge in [-0.1, -0.05) is 49.7 Å². The van der Waals surface area contributed by atoms with Gasteiger partial charge in [0.05, 0.1) is 32.3 Å². The Kier molecular flexibility index (Phi) is 5.52. The molecular formula is C24H24ClN3O5. The van der Waals surface area contributed by atoms with Crippen LogP contribution in [0.2, 0.25) is 5.02 Å². The number of anilines is 1. The molecule has 2 saturated carbocycles. The Morgan fingerprint density at radius 2 is 1.76 bits per heavy atom. The maximum Gasteiger partial charge on any atom is 0.365 e. The van der Waals surface area contributed by atoms with Crippen molar-refractivity contribution in [1.82, 2.24) is 0 Å². The Bertz CT molecular complexity index is 1180. The van der Waals surface area contributed by atoms with Crippen LogP contribution in [0.1, 0.15) is 50.4 Å². The van der Waals surface area contributed by atoms with E-state index in [2.05, 4.69) is 10.5 Å². The third kappa shape index (κ3) is 3.49. The fraction of sp³-hybridized carbons (Fsp3) is 0.375. The molecule has 172 valence electrons. The highest BCUT2D eigenvalue weighted by Crippen LogP contribution is 2.71. The molecule has 1 amide bonds. The molecule has 0 heterocycles. The number of hydrogen-bond donors (Lipinski definition) is 1. The summed E-state index contributed by atoms with van der Waals surface area (Å²) in [5.74, 6) is -0.840. The lowest BCUT2D eigenvalue weighted by Gasteiger charge is -2.39. The first-order valence-electron chi connectivity index (χ1n) is 10.6. The number of halogens is 1. The number of benzene rings is 2. The van der Waals surface area contributed by atoms with Gasteiger partial charge in [-0.05, 0) is 42.5 Å². The van der Waals surface area contributed by atoms with Gasteiger partial charge < -0.3 is 10.2 Å². The lowest BCUT2D eigenvalue weighted by Crippen LogP contribution is -2.43. The van der Waals surface area contributed by atoms with E-state index in [9.17, 15) is 19.7 Å². The maximum absolute atomic E-state index is 13.5. The molecule has 0 aromatic heterocycles. The number of oxime groups is 1. The first-order chi connectivity index (χ1) is 15.5. The van der Waals surface area contributed by atoms with Gasteiger partial charge in [-0.2, -0.15) is 0 Å². The SMILES string of the molecule is CC12CCC(C(=O)Nc3ccccc3Cl)(CC1=NOC(=O)c1ccc([N+](=O)[O-])cc1)C2(C)C. The topological polar surface area (TPSA) is 111 Å². The number of fused-ring (bicyclic) bond motifs is 2. The number of nitrogens with one attached hydrogen (secondary N) is 1. The summed E-state index contributed by atoms with van der Waals surface area (Å²) in [6, 6.07) is 12.2. The normalized spacial score (nSPS) is 26.2. The van der Waals surface area contributed by atoms with Crippen molar-refractivity contribution in [3.63, 3.8) is 0 Å². The van der Waals surface area contributed by atoms with Crippen molar-refractivity contribution in [2.45, 2.75) is 40.0 Å². The van der Waals surface area contributed by atoms with Crippen molar-refractivity contribution >= 4 is 40.6 Å². The smallest absolute Gasteiger partial charge is 0.324 e. The van der Waals surface area contributed by atoms with E-state index in [1.165, 1.54) is 24.3 Å². The second kappa shape index (κ2) is 7.95. The molecule has 8 nitrogen and oxygen atoms in total. The fourth-order valence-corrected chi connectivity index (χ4v) is 5.38. The lowest BCUT2D eigenvalue weighted by atomic mass is 9.64. The summed E-state index contributed by atoms with van der Waals surface area (Å²) in [5, 5.41) is 18.4. The molecule has 2 aliphatic carbocycles. The summed E-state index contributed by atoms with van der Waals surface area (Å²) in [4.78, 5) is 41.4. The van der Waals surface area contributed by atoms with E-state index in [4.69, 9.17) is 16.4 Å². The van der Waals surface area contributed by atoms with Gasteiger partial charge in [-0.15, -0.1) is 0 Å². The Morgan fingerprint density at radius 1 is 1.09 bits per heavy atom. The molecule has 0 aliphatic heterocycles. The Balaban J connectivity index is 1.57. The van der Waals surface area contributed by atoms with E-state index in [1.54, 1.807) is 18.2 Å². The van der Waals surface area contributed by atoms with Crippen LogP contribution in [0.5, 0.6) is 0 Å². The molecule has 2 unspecified atom stereocenters. The number of hydrogen-bond acceptors (Lipinski definition) is 6. The summed E-state index contributed by atoms with van der Waals surface area (Å²) in [6.07, 6.45) is 1.77. The van der Waals surface area contributed by atoms with Crippen LogP contribution in [0.15, 0.2) is 53.7 Å². The predicted octanol–water partition coefficient (Wildman–Crippen LogP) is 5.62. The summed E-state index contributed by atoms with van der Waals surface area (Å²) in [6.45, 7) is 6.14. The average molecular weight is 470 g/mol. The highest BCUT2D eigenvalue weighted by molar-refractivity contribution is 6.33. The van der Waals surface area contributed by atoms with E-state index >= 15 is 0 Å². The zero-order chi connectivity index (χ0) is 24.0. The molecular weight excluding hydrogens is 446 g/mol. The lowest BCUT2D eigenvalue weighted by molar-refractivity contribution is -0.384. The molecule has 2 aromatic carbocycles. The third-order valence-electron chi connectivity index (χ3n) is 7.84. The van der Waals surface area contributed by atoms with Gasteiger partial charge in [0.2, 0.25) is 5.91 Å². The van der Waals surface area contributed by atoms with Gasteiger partial charge in [-0.3, -0.25) is 14.9 Å². The van der Waals surface area contributed by atoms with Gasteiger partial charge in [0.25, 0.3) is 5.69 Å². The van der Waals surface area contributed by atoms with E-state index in [-0.39, 0.29) is 17.2 Å². The van der Waals surface area contributed by atoms with Crippen molar-refractivity contribution in [1.29, 1.82) is 0 Å². The molecule has 0 saturated heterocycles. The van der Waals surface area contributed by atoms with Gasteiger partial charge in [0.15, 0.2) is 0 Å². The minimum absolute atomic E-state index is 0.119. The number of nitro groups is 1. The molecule has 1 N–H and O–H groups in total. The first-order valence-corrected chi connectivity index (χ1v) is 11.0. The summed E-state index contributed by atoms with van der Waals surface area (Å²) in [7, 11) is 0. The molecule has 2 aromatic rings. The van der Waals surface area contributed by atoms with Crippen LogP contribution in [0.3, 0.4) is 0 Å². The minimum Gasteiger partial charge on any atom is -0.324 e. The molecule has 2 bridgehead atoms. The van der Waals surface area contributed by atoms with Crippen molar-refractivity contribution in [3.05, 3.63) is 69.2 Å². The van der Waals surface area contributed by atoms with E-state index in [0.29, 0.717) is 29.3 Å². The van der Waals surface area contributed by atoms with Crippen molar-refractivity contribution in [2.75, 3.05) is 5.32 Å². The Morgan fingerprint density at radius 3 is 2.39 bits per heavy atom. The summed E-state index contributed by atoms with van der Waals surface area (Å²) in [5.41, 5.74) is -0.346. The number of para-hydroxylation sites is 1. The number of carbonyl (C=O) groups is 2. The van der Waals surface area contributed by atoms with Crippen molar-refractivity contribution < 1.29 is 19.3 Å². The number of non-ortho nitro benzene ring substituents is 1. The quantitative estimate of drug-likeness (QED) is 0.347. The van der Waals surface area contributed by atoms with Gasteiger partial charge in [0.1, 0.15) is 0 Å². The largest absolute Gasteiger partial charge is 0.365 e. The van der Waals surface area contributed by atoms with E-state index in [1.807, 2.05) is 26.8 Å². The summed E-state index contributed by atoms with van der Waals surface area (Å²) < 4.78 is 0. The number of nitro benzene ring substituents is 1. The van der Waals surface area contributed by atoms with E-state index < -0.39 is 27.1 Å². The zero-order valence-corrected chi connectivity index (χ0v) is 19.3. The number of amides is 1. The summed E-state index contributed by atoms with van der Waals surface area (Å²) >= 11 is 6.24. The zero-order valence-electron chi connectivity index (χ0n) is 18.6. The second-order valence-corrected chi connectivity index (χ2v) is 9.78. The average Bonchev–Trinajstić information content (AvgIpc) is 3.09. The maximum atomic E-state index is 13.5.